The molecule has 3 heterocycles. The number of benzene rings is 1. The van der Waals surface area contributed by atoms with Gasteiger partial charge in [0.15, 0.2) is 0 Å². The maximum Gasteiger partial charge on any atom is 0.352 e. The minimum absolute atomic E-state index is 0.0380. The Balaban J connectivity index is 1.53. The number of nitrogens with zero attached hydrogens (tertiary/aromatic N) is 5. The molecule has 1 saturated heterocycles. The molecule has 0 radical (unpaired) electrons. The van der Waals surface area contributed by atoms with Crippen molar-refractivity contribution in [3.63, 3.8) is 0 Å². The van der Waals surface area contributed by atoms with Gasteiger partial charge in [-0.3, -0.25) is 4.79 Å². The molecule has 1 atom stereocenters. The first-order valence-corrected chi connectivity index (χ1v) is 9.36. The van der Waals surface area contributed by atoms with Crippen LogP contribution in [0.3, 0.4) is 0 Å². The van der Waals surface area contributed by atoms with E-state index in [0.717, 1.165) is 42.1 Å². The Bertz CT molecular complexity index is 1110. The van der Waals surface area contributed by atoms with Crippen LogP contribution in [0.25, 0.3) is 5.78 Å². The van der Waals surface area contributed by atoms with Gasteiger partial charge in [-0.25, -0.2) is 22.7 Å². The Morgan fingerprint density at radius 1 is 1.28 bits per heavy atom. The van der Waals surface area contributed by atoms with E-state index in [9.17, 15) is 18.4 Å². The van der Waals surface area contributed by atoms with Crippen molar-refractivity contribution in [3.8, 4) is 0 Å². The number of halogens is 2. The fourth-order valence-electron chi connectivity index (χ4n) is 3.54. The number of piperidine rings is 1. The van der Waals surface area contributed by atoms with Gasteiger partial charge in [-0.15, -0.1) is 5.10 Å². The van der Waals surface area contributed by atoms with Crippen LogP contribution in [0.1, 0.15) is 19.8 Å². The number of anilines is 2. The molecule has 10 heteroatoms. The Kier molecular flexibility index (Phi) is 4.99. The summed E-state index contributed by atoms with van der Waals surface area (Å²) < 4.78 is 28.7. The summed E-state index contributed by atoms with van der Waals surface area (Å²) in [6, 6.07) is 4.43. The van der Waals surface area contributed by atoms with E-state index in [2.05, 4.69) is 27.2 Å². The lowest BCUT2D eigenvalue weighted by molar-refractivity contribution is -0.117. The van der Waals surface area contributed by atoms with Gasteiger partial charge in [0, 0.05) is 31.0 Å². The Hall–Kier alpha value is -3.30. The van der Waals surface area contributed by atoms with Crippen LogP contribution >= 0.6 is 0 Å². The van der Waals surface area contributed by atoms with Gasteiger partial charge in [0.1, 0.15) is 24.0 Å². The number of hydrogen-bond acceptors (Lipinski definition) is 5. The fourth-order valence-corrected chi connectivity index (χ4v) is 3.54. The number of amides is 1. The van der Waals surface area contributed by atoms with Crippen molar-refractivity contribution in [2.45, 2.75) is 26.3 Å². The second-order valence-corrected chi connectivity index (χ2v) is 7.30. The van der Waals surface area contributed by atoms with E-state index in [1.807, 2.05) is 0 Å². The van der Waals surface area contributed by atoms with Gasteiger partial charge in [-0.05, 0) is 37.0 Å². The second-order valence-electron chi connectivity index (χ2n) is 7.30. The molecule has 4 rings (SSSR count). The molecular formula is C19H20F2N6O2. The normalized spacial score (nSPS) is 16.9. The number of carbonyl (C=O) groups excluding carboxylic acids is 1. The first kappa shape index (κ1) is 19.0. The summed E-state index contributed by atoms with van der Waals surface area (Å²) in [5.41, 5.74) is -0.560. The molecule has 0 saturated carbocycles. The van der Waals surface area contributed by atoms with Crippen molar-refractivity contribution in [2.24, 2.45) is 5.92 Å². The Morgan fingerprint density at radius 3 is 2.76 bits per heavy atom. The Morgan fingerprint density at radius 2 is 2.03 bits per heavy atom. The van der Waals surface area contributed by atoms with Crippen molar-refractivity contribution >= 4 is 23.2 Å². The standard InChI is InChI=1S/C19H20F2N6O2/c1-12-3-2-5-25(10-12)16-4-6-26-18(23-16)24-27(19(26)29)11-17(28)22-15-8-13(20)7-14(21)9-15/h4,6-9,12H,2-3,5,10-11H2,1H3,(H,22,28)/t12-/m1/s1. The zero-order valence-corrected chi connectivity index (χ0v) is 15.8. The third kappa shape index (κ3) is 4.10. The van der Waals surface area contributed by atoms with Gasteiger partial charge in [-0.2, -0.15) is 4.98 Å². The van der Waals surface area contributed by atoms with Gasteiger partial charge in [0.2, 0.25) is 5.91 Å². The molecule has 8 nitrogen and oxygen atoms in total. The quantitative estimate of drug-likeness (QED) is 0.722. The molecule has 0 unspecified atom stereocenters. The van der Waals surface area contributed by atoms with Crippen LogP contribution in [0.5, 0.6) is 0 Å². The molecule has 0 aliphatic carbocycles. The molecule has 0 spiro atoms. The first-order valence-electron chi connectivity index (χ1n) is 9.36. The predicted molar refractivity (Wildman–Crippen MR) is 103 cm³/mol. The van der Waals surface area contributed by atoms with Crippen LogP contribution < -0.4 is 15.9 Å². The number of aromatic nitrogens is 4. The molecular weight excluding hydrogens is 382 g/mol. The molecule has 152 valence electrons. The summed E-state index contributed by atoms with van der Waals surface area (Å²) in [5, 5.41) is 6.48. The SMILES string of the molecule is C[C@@H]1CCCN(c2ccn3c(=O)n(CC(=O)Nc4cc(F)cc(F)c4)nc3n2)C1. The minimum atomic E-state index is -0.811. The van der Waals surface area contributed by atoms with E-state index in [-0.39, 0.29) is 11.5 Å². The van der Waals surface area contributed by atoms with Crippen molar-refractivity contribution in [2.75, 3.05) is 23.3 Å². The topological polar surface area (TPSA) is 84.5 Å². The number of carbonyl (C=O) groups is 1. The molecule has 0 bridgehead atoms. The van der Waals surface area contributed by atoms with Crippen LogP contribution in [-0.2, 0) is 11.3 Å². The van der Waals surface area contributed by atoms with Gasteiger partial charge in [-0.1, -0.05) is 6.92 Å². The molecule has 1 aromatic carbocycles. The predicted octanol–water partition coefficient (Wildman–Crippen LogP) is 2.04. The molecule has 1 aliphatic rings. The van der Waals surface area contributed by atoms with E-state index in [0.29, 0.717) is 12.0 Å². The molecule has 1 aliphatic heterocycles. The lowest BCUT2D eigenvalue weighted by atomic mass is 10.0. The number of hydrogen-bond donors (Lipinski definition) is 1. The molecule has 1 fully saturated rings. The Labute approximate surface area is 164 Å². The van der Waals surface area contributed by atoms with Crippen molar-refractivity contribution in [3.05, 3.63) is 52.6 Å². The minimum Gasteiger partial charge on any atom is -0.356 e. The smallest absolute Gasteiger partial charge is 0.352 e. The van der Waals surface area contributed by atoms with Crippen molar-refractivity contribution in [1.29, 1.82) is 0 Å². The summed E-state index contributed by atoms with van der Waals surface area (Å²) in [6.07, 6.45) is 3.84. The van der Waals surface area contributed by atoms with Crippen molar-refractivity contribution < 1.29 is 13.6 Å². The monoisotopic (exact) mass is 402 g/mol. The molecule has 1 N–H and O–H groups in total. The van der Waals surface area contributed by atoms with E-state index in [1.165, 1.54) is 10.8 Å². The fraction of sp³-hybridized carbons (Fsp3) is 0.368. The van der Waals surface area contributed by atoms with Crippen LogP contribution in [-0.4, -0.2) is 38.2 Å². The average molecular weight is 402 g/mol. The first-order chi connectivity index (χ1) is 13.9. The highest BCUT2D eigenvalue weighted by Crippen LogP contribution is 2.21. The van der Waals surface area contributed by atoms with Crippen LogP contribution in [0.15, 0.2) is 35.3 Å². The summed E-state index contributed by atoms with van der Waals surface area (Å²) in [7, 11) is 0. The lowest BCUT2D eigenvalue weighted by Gasteiger charge is -2.31. The summed E-state index contributed by atoms with van der Waals surface area (Å²) >= 11 is 0. The molecule has 1 amide bonds. The van der Waals surface area contributed by atoms with Gasteiger partial charge in [0.25, 0.3) is 5.78 Å². The zero-order chi connectivity index (χ0) is 20.5. The lowest BCUT2D eigenvalue weighted by Crippen LogP contribution is -2.35. The summed E-state index contributed by atoms with van der Waals surface area (Å²) in [4.78, 5) is 31.3. The van der Waals surface area contributed by atoms with Crippen LogP contribution in [0.2, 0.25) is 0 Å². The van der Waals surface area contributed by atoms with Gasteiger partial charge < -0.3 is 10.2 Å². The third-order valence-electron chi connectivity index (χ3n) is 4.86. The highest BCUT2D eigenvalue weighted by molar-refractivity contribution is 5.90. The van der Waals surface area contributed by atoms with Gasteiger partial charge >= 0.3 is 5.69 Å². The molecule has 29 heavy (non-hydrogen) atoms. The summed E-state index contributed by atoms with van der Waals surface area (Å²) in [6.45, 7) is 3.56. The molecule has 3 aromatic rings. The number of nitrogens with one attached hydrogen (secondary N) is 1. The highest BCUT2D eigenvalue weighted by Gasteiger charge is 2.19. The van der Waals surface area contributed by atoms with Crippen molar-refractivity contribution in [1.82, 2.24) is 19.2 Å². The zero-order valence-electron chi connectivity index (χ0n) is 15.8. The maximum absolute atomic E-state index is 13.3. The maximum atomic E-state index is 13.3. The third-order valence-corrected chi connectivity index (χ3v) is 4.86. The average Bonchev–Trinajstić information content (AvgIpc) is 2.95. The highest BCUT2D eigenvalue weighted by atomic mass is 19.1. The van der Waals surface area contributed by atoms with E-state index in [1.54, 1.807) is 12.3 Å². The van der Waals surface area contributed by atoms with Crippen LogP contribution in [0.4, 0.5) is 20.3 Å². The van der Waals surface area contributed by atoms with E-state index in [4.69, 9.17) is 0 Å². The van der Waals surface area contributed by atoms with Crippen LogP contribution in [0, 0.1) is 17.6 Å². The summed E-state index contributed by atoms with van der Waals surface area (Å²) in [5.74, 6) is -0.761. The van der Waals surface area contributed by atoms with E-state index >= 15 is 0 Å². The number of rotatable bonds is 4. The van der Waals surface area contributed by atoms with E-state index < -0.39 is 29.8 Å². The van der Waals surface area contributed by atoms with Gasteiger partial charge in [0.05, 0.1) is 0 Å². The second kappa shape index (κ2) is 7.61. The number of fused-ring (bicyclic) bond motifs is 1. The molecule has 2 aromatic heterocycles. The largest absolute Gasteiger partial charge is 0.356 e.